The lowest BCUT2D eigenvalue weighted by Crippen LogP contribution is -2.14. The van der Waals surface area contributed by atoms with Gasteiger partial charge in [0.1, 0.15) is 5.82 Å². The minimum absolute atomic E-state index is 0.0451. The molecule has 1 heterocycles. The van der Waals surface area contributed by atoms with Crippen LogP contribution in [0.5, 0.6) is 0 Å². The summed E-state index contributed by atoms with van der Waals surface area (Å²) >= 11 is 1.08. The van der Waals surface area contributed by atoms with Gasteiger partial charge >= 0.3 is 0 Å². The van der Waals surface area contributed by atoms with Crippen LogP contribution in [0.15, 0.2) is 47.5 Å². The monoisotopic (exact) mass is 398 g/mol. The Hall–Kier alpha value is -2.39. The van der Waals surface area contributed by atoms with Crippen LogP contribution in [0.2, 0.25) is 0 Å². The van der Waals surface area contributed by atoms with Gasteiger partial charge in [-0.1, -0.05) is 6.07 Å². The number of rotatable bonds is 5. The third-order valence-corrected chi connectivity index (χ3v) is 6.11. The fourth-order valence-corrected chi connectivity index (χ4v) is 4.69. The summed E-state index contributed by atoms with van der Waals surface area (Å²) < 4.78 is 66.6. The Morgan fingerprint density at radius 3 is 2.54 bits per heavy atom. The summed E-state index contributed by atoms with van der Waals surface area (Å²) in [4.78, 5) is 4.62. The molecule has 0 atom stereocenters. The smallest absolute Gasteiger partial charge is 0.255 e. The molecule has 3 aromatic rings. The maximum atomic E-state index is 13.3. The van der Waals surface area contributed by atoms with Gasteiger partial charge in [0.05, 0.1) is 4.90 Å². The van der Waals surface area contributed by atoms with Crippen LogP contribution in [0, 0.1) is 24.4 Å². The number of hydrogen-bond acceptors (Lipinski definition) is 4. The first-order chi connectivity index (χ1) is 12.2. The van der Waals surface area contributed by atoms with Crippen molar-refractivity contribution in [2.75, 3.05) is 4.72 Å². The van der Waals surface area contributed by atoms with E-state index in [9.17, 15) is 21.6 Å². The molecule has 0 amide bonds. The van der Waals surface area contributed by atoms with Gasteiger partial charge in [-0.25, -0.2) is 26.6 Å². The predicted molar refractivity (Wildman–Crippen MR) is 93.2 cm³/mol. The lowest BCUT2D eigenvalue weighted by molar-refractivity contribution is 0.507. The molecule has 1 aromatic heterocycles. The van der Waals surface area contributed by atoms with Gasteiger partial charge < -0.3 is 0 Å². The summed E-state index contributed by atoms with van der Waals surface area (Å²) in [5.41, 5.74) is 0.812. The van der Waals surface area contributed by atoms with Crippen molar-refractivity contribution in [2.24, 2.45) is 0 Å². The molecule has 9 heteroatoms. The number of sulfonamides is 1. The second-order valence-corrected chi connectivity index (χ2v) is 8.34. The van der Waals surface area contributed by atoms with Crippen molar-refractivity contribution in [3.05, 3.63) is 76.1 Å². The van der Waals surface area contributed by atoms with Crippen molar-refractivity contribution in [1.82, 2.24) is 4.98 Å². The quantitative estimate of drug-likeness (QED) is 0.699. The molecule has 0 radical (unpaired) electrons. The van der Waals surface area contributed by atoms with Crippen molar-refractivity contribution in [3.8, 4) is 0 Å². The molecular formula is C17H13F3N2O2S2. The van der Waals surface area contributed by atoms with Gasteiger partial charge in [0.15, 0.2) is 16.8 Å². The third-order valence-electron chi connectivity index (χ3n) is 3.56. The molecule has 4 nitrogen and oxygen atoms in total. The summed E-state index contributed by atoms with van der Waals surface area (Å²) in [6.45, 7) is 1.49. The number of benzene rings is 2. The van der Waals surface area contributed by atoms with E-state index in [0.29, 0.717) is 10.4 Å². The SMILES string of the molecule is Cc1cc(F)ccc1S(=O)(=O)Nc1ncc(Cc2ccc(F)c(F)c2)s1. The summed E-state index contributed by atoms with van der Waals surface area (Å²) in [6, 6.07) is 6.95. The van der Waals surface area contributed by atoms with E-state index in [2.05, 4.69) is 9.71 Å². The summed E-state index contributed by atoms with van der Waals surface area (Å²) in [5, 5.41) is 0.131. The Morgan fingerprint density at radius 1 is 1.08 bits per heavy atom. The lowest BCUT2D eigenvalue weighted by Gasteiger charge is -2.08. The summed E-state index contributed by atoms with van der Waals surface area (Å²) in [5.74, 6) is -2.40. The van der Waals surface area contributed by atoms with Crippen LogP contribution >= 0.6 is 11.3 Å². The topological polar surface area (TPSA) is 59.1 Å². The molecule has 136 valence electrons. The van der Waals surface area contributed by atoms with Crippen molar-refractivity contribution < 1.29 is 21.6 Å². The molecule has 0 aliphatic rings. The van der Waals surface area contributed by atoms with E-state index in [4.69, 9.17) is 0 Å². The molecule has 0 aliphatic heterocycles. The van der Waals surface area contributed by atoms with Gasteiger partial charge in [0, 0.05) is 17.5 Å². The highest BCUT2D eigenvalue weighted by Gasteiger charge is 2.19. The van der Waals surface area contributed by atoms with Crippen LogP contribution in [0.25, 0.3) is 0 Å². The van der Waals surface area contributed by atoms with Crippen LogP contribution in [0.1, 0.15) is 16.0 Å². The van der Waals surface area contributed by atoms with E-state index in [1.54, 1.807) is 0 Å². The average molecular weight is 398 g/mol. The van der Waals surface area contributed by atoms with Gasteiger partial charge in [-0.3, -0.25) is 4.72 Å². The summed E-state index contributed by atoms with van der Waals surface area (Å²) in [6.07, 6.45) is 1.74. The number of nitrogens with one attached hydrogen (secondary N) is 1. The number of halogens is 3. The Bertz CT molecular complexity index is 1070. The number of hydrogen-bond donors (Lipinski definition) is 1. The number of aryl methyl sites for hydroxylation is 1. The van der Waals surface area contributed by atoms with Crippen molar-refractivity contribution in [3.63, 3.8) is 0 Å². The molecule has 0 aliphatic carbocycles. The van der Waals surface area contributed by atoms with E-state index < -0.39 is 27.5 Å². The number of aromatic nitrogens is 1. The Kier molecular flexibility index (Phi) is 5.01. The zero-order valence-electron chi connectivity index (χ0n) is 13.5. The fourth-order valence-electron chi connectivity index (χ4n) is 2.37. The first-order valence-electron chi connectivity index (χ1n) is 7.42. The molecule has 0 spiro atoms. The first kappa shape index (κ1) is 18.4. The summed E-state index contributed by atoms with van der Waals surface area (Å²) in [7, 11) is -3.91. The van der Waals surface area contributed by atoms with Gasteiger partial charge in [0.2, 0.25) is 0 Å². The maximum Gasteiger partial charge on any atom is 0.263 e. The molecule has 2 aromatic carbocycles. The first-order valence-corrected chi connectivity index (χ1v) is 9.72. The number of anilines is 1. The zero-order valence-corrected chi connectivity index (χ0v) is 15.1. The van der Waals surface area contributed by atoms with E-state index >= 15 is 0 Å². The standard InChI is InChI=1S/C17H13F3N2O2S2/c1-10-6-12(18)3-5-16(10)26(23,24)22-17-21-9-13(25-17)7-11-2-4-14(19)15(20)8-11/h2-6,8-9H,7H2,1H3,(H,21,22). The average Bonchev–Trinajstić information content (AvgIpc) is 2.96. The normalized spacial score (nSPS) is 11.5. The highest BCUT2D eigenvalue weighted by molar-refractivity contribution is 7.93. The van der Waals surface area contributed by atoms with Crippen LogP contribution in [0.3, 0.4) is 0 Å². The number of thiazole rings is 1. The van der Waals surface area contributed by atoms with Crippen molar-refractivity contribution >= 4 is 26.5 Å². The molecule has 0 saturated carbocycles. The molecule has 0 unspecified atom stereocenters. The van der Waals surface area contributed by atoms with Crippen molar-refractivity contribution in [1.29, 1.82) is 0 Å². The molecule has 26 heavy (non-hydrogen) atoms. The van der Waals surface area contributed by atoms with Gasteiger partial charge in [-0.15, -0.1) is 11.3 Å². The Balaban J connectivity index is 1.78. The highest BCUT2D eigenvalue weighted by atomic mass is 32.2. The predicted octanol–water partition coefficient (Wildman–Crippen LogP) is 4.26. The van der Waals surface area contributed by atoms with E-state index in [0.717, 1.165) is 35.6 Å². The molecule has 1 N–H and O–H groups in total. The lowest BCUT2D eigenvalue weighted by atomic mass is 10.1. The zero-order chi connectivity index (χ0) is 18.9. The van der Waals surface area contributed by atoms with Crippen LogP contribution < -0.4 is 4.72 Å². The molecular weight excluding hydrogens is 385 g/mol. The second-order valence-electron chi connectivity index (χ2n) is 5.57. The molecule has 0 bridgehead atoms. The highest BCUT2D eigenvalue weighted by Crippen LogP contribution is 2.25. The minimum atomic E-state index is -3.91. The fraction of sp³-hybridized carbons (Fsp3) is 0.118. The second kappa shape index (κ2) is 7.08. The van der Waals surface area contributed by atoms with Crippen LogP contribution in [0.4, 0.5) is 18.3 Å². The van der Waals surface area contributed by atoms with Gasteiger partial charge in [0.25, 0.3) is 10.0 Å². The van der Waals surface area contributed by atoms with Crippen molar-refractivity contribution in [2.45, 2.75) is 18.2 Å². The molecule has 3 rings (SSSR count). The maximum absolute atomic E-state index is 13.3. The van der Waals surface area contributed by atoms with E-state index in [1.807, 2.05) is 0 Å². The Labute approximate surface area is 152 Å². The largest absolute Gasteiger partial charge is 0.263 e. The minimum Gasteiger partial charge on any atom is -0.255 e. The van der Waals surface area contributed by atoms with E-state index in [1.165, 1.54) is 25.3 Å². The van der Waals surface area contributed by atoms with E-state index in [-0.39, 0.29) is 22.0 Å². The third kappa shape index (κ3) is 4.05. The van der Waals surface area contributed by atoms with Gasteiger partial charge in [-0.05, 0) is 48.4 Å². The Morgan fingerprint density at radius 2 is 1.85 bits per heavy atom. The number of nitrogens with zero attached hydrogens (tertiary/aromatic N) is 1. The van der Waals surface area contributed by atoms with Crippen LogP contribution in [-0.2, 0) is 16.4 Å². The van der Waals surface area contributed by atoms with Gasteiger partial charge in [-0.2, -0.15) is 0 Å². The molecule has 0 fully saturated rings. The van der Waals surface area contributed by atoms with Crippen LogP contribution in [-0.4, -0.2) is 13.4 Å². The molecule has 0 saturated heterocycles.